The molecule has 88 valence electrons. The van der Waals surface area contributed by atoms with Crippen molar-refractivity contribution in [2.45, 2.75) is 0 Å². The summed E-state index contributed by atoms with van der Waals surface area (Å²) in [6.07, 6.45) is 1.55. The maximum atomic E-state index is 4.18. The summed E-state index contributed by atoms with van der Waals surface area (Å²) in [6, 6.07) is 9.85. The van der Waals surface area contributed by atoms with Crippen molar-refractivity contribution >= 4 is 33.3 Å². The van der Waals surface area contributed by atoms with Gasteiger partial charge in [0.2, 0.25) is 0 Å². The smallest absolute Gasteiger partial charge is 0.135 e. The highest BCUT2D eigenvalue weighted by Crippen LogP contribution is 2.19. The molecule has 2 rings (SSSR count). The molecule has 0 bridgehead atoms. The quantitative estimate of drug-likeness (QED) is 0.944. The van der Waals surface area contributed by atoms with E-state index in [9.17, 15) is 0 Å². The van der Waals surface area contributed by atoms with Crippen LogP contribution in [-0.2, 0) is 0 Å². The average Bonchev–Trinajstić information content (AvgIpc) is 2.32. The third kappa shape index (κ3) is 3.17. The van der Waals surface area contributed by atoms with Crippen LogP contribution >= 0.6 is 15.9 Å². The summed E-state index contributed by atoms with van der Waals surface area (Å²) in [5, 5.41) is 3.23. The van der Waals surface area contributed by atoms with Gasteiger partial charge in [0.1, 0.15) is 18.0 Å². The van der Waals surface area contributed by atoms with Crippen molar-refractivity contribution in [2.24, 2.45) is 0 Å². The van der Waals surface area contributed by atoms with Gasteiger partial charge in [-0.2, -0.15) is 0 Å². The lowest BCUT2D eigenvalue weighted by Gasteiger charge is -2.12. The fraction of sp³-hybridized carbons (Fsp3) is 0.167. The van der Waals surface area contributed by atoms with Crippen LogP contribution in [0.2, 0.25) is 0 Å². The second-order valence-electron chi connectivity index (χ2n) is 3.79. The van der Waals surface area contributed by atoms with Crippen molar-refractivity contribution in [2.75, 3.05) is 24.3 Å². The molecule has 0 atom stereocenters. The predicted octanol–water partition coefficient (Wildman–Crippen LogP) is 3.05. The van der Waals surface area contributed by atoms with Gasteiger partial charge < -0.3 is 10.2 Å². The molecule has 1 N–H and O–H groups in total. The lowest BCUT2D eigenvalue weighted by molar-refractivity contribution is 1.04. The molecule has 4 nitrogen and oxygen atoms in total. The Bertz CT molecular complexity index is 496. The van der Waals surface area contributed by atoms with Crippen LogP contribution in [0.4, 0.5) is 17.3 Å². The highest BCUT2D eigenvalue weighted by atomic mass is 79.9. The van der Waals surface area contributed by atoms with Crippen LogP contribution in [0.25, 0.3) is 0 Å². The van der Waals surface area contributed by atoms with Gasteiger partial charge in [-0.15, -0.1) is 0 Å². The van der Waals surface area contributed by atoms with Crippen molar-refractivity contribution in [3.63, 3.8) is 0 Å². The van der Waals surface area contributed by atoms with E-state index in [1.807, 2.05) is 49.3 Å². The van der Waals surface area contributed by atoms with E-state index in [4.69, 9.17) is 0 Å². The molecule has 0 aliphatic heterocycles. The highest BCUT2D eigenvalue weighted by Gasteiger charge is 2.00. The first-order chi connectivity index (χ1) is 8.15. The molecule has 2 aromatic rings. The van der Waals surface area contributed by atoms with Gasteiger partial charge in [-0.3, -0.25) is 0 Å². The van der Waals surface area contributed by atoms with Crippen LogP contribution in [0.15, 0.2) is 41.1 Å². The van der Waals surface area contributed by atoms with Crippen molar-refractivity contribution < 1.29 is 0 Å². The zero-order valence-electron chi connectivity index (χ0n) is 9.68. The van der Waals surface area contributed by atoms with E-state index in [2.05, 4.69) is 31.2 Å². The topological polar surface area (TPSA) is 41.0 Å². The normalized spacial score (nSPS) is 10.1. The number of hydrogen-bond donors (Lipinski definition) is 1. The summed E-state index contributed by atoms with van der Waals surface area (Å²) < 4.78 is 1.06. The first kappa shape index (κ1) is 11.9. The maximum Gasteiger partial charge on any atom is 0.135 e. The van der Waals surface area contributed by atoms with Crippen LogP contribution in [0.3, 0.4) is 0 Å². The Kier molecular flexibility index (Phi) is 3.58. The lowest BCUT2D eigenvalue weighted by atomic mass is 10.3. The van der Waals surface area contributed by atoms with Gasteiger partial charge in [-0.05, 0) is 24.3 Å². The summed E-state index contributed by atoms with van der Waals surface area (Å²) in [7, 11) is 3.90. The number of anilines is 3. The van der Waals surface area contributed by atoms with Crippen LogP contribution < -0.4 is 10.2 Å². The summed E-state index contributed by atoms with van der Waals surface area (Å²) in [4.78, 5) is 10.3. The van der Waals surface area contributed by atoms with Crippen molar-refractivity contribution in [3.05, 3.63) is 41.1 Å². The predicted molar refractivity (Wildman–Crippen MR) is 73.8 cm³/mol. The molecular formula is C12H13BrN4. The standard InChI is InChI=1S/C12H13BrN4/c1-17(2)12-7-11(14-8-15-12)16-10-5-3-9(13)4-6-10/h3-8H,1-2H3,(H,14,15,16). The van der Waals surface area contributed by atoms with Gasteiger partial charge in [0.25, 0.3) is 0 Å². The van der Waals surface area contributed by atoms with Gasteiger partial charge >= 0.3 is 0 Å². The molecule has 0 aliphatic rings. The zero-order chi connectivity index (χ0) is 12.3. The lowest BCUT2D eigenvalue weighted by Crippen LogP contribution is -2.11. The number of hydrogen-bond acceptors (Lipinski definition) is 4. The molecule has 0 fully saturated rings. The van der Waals surface area contributed by atoms with E-state index in [1.165, 1.54) is 0 Å². The fourth-order valence-corrected chi connectivity index (χ4v) is 1.61. The van der Waals surface area contributed by atoms with E-state index >= 15 is 0 Å². The Hall–Kier alpha value is -1.62. The summed E-state index contributed by atoms with van der Waals surface area (Å²) in [6.45, 7) is 0. The van der Waals surface area contributed by atoms with Crippen LogP contribution in [0.5, 0.6) is 0 Å². The largest absolute Gasteiger partial charge is 0.363 e. The monoisotopic (exact) mass is 292 g/mol. The van der Waals surface area contributed by atoms with Crippen molar-refractivity contribution in [1.82, 2.24) is 9.97 Å². The number of aromatic nitrogens is 2. The van der Waals surface area contributed by atoms with E-state index in [1.54, 1.807) is 6.33 Å². The first-order valence-corrected chi connectivity index (χ1v) is 5.96. The molecule has 1 aromatic carbocycles. The zero-order valence-corrected chi connectivity index (χ0v) is 11.3. The minimum atomic E-state index is 0.783. The number of rotatable bonds is 3. The molecular weight excluding hydrogens is 280 g/mol. The minimum Gasteiger partial charge on any atom is -0.363 e. The van der Waals surface area contributed by atoms with E-state index < -0.39 is 0 Å². The van der Waals surface area contributed by atoms with Gasteiger partial charge in [0, 0.05) is 30.3 Å². The molecule has 5 heteroatoms. The molecule has 1 heterocycles. The van der Waals surface area contributed by atoms with Crippen LogP contribution in [0, 0.1) is 0 Å². The molecule has 1 aromatic heterocycles. The van der Waals surface area contributed by atoms with E-state index in [0.29, 0.717) is 0 Å². The number of nitrogens with one attached hydrogen (secondary N) is 1. The molecule has 0 unspecified atom stereocenters. The third-order valence-corrected chi connectivity index (χ3v) is 2.76. The van der Waals surface area contributed by atoms with Gasteiger partial charge in [0.15, 0.2) is 0 Å². The second-order valence-corrected chi connectivity index (χ2v) is 4.70. The minimum absolute atomic E-state index is 0.783. The Balaban J connectivity index is 2.18. The maximum absolute atomic E-state index is 4.18. The summed E-state index contributed by atoms with van der Waals surface area (Å²) >= 11 is 3.40. The Morgan fingerprint density at radius 2 is 1.82 bits per heavy atom. The van der Waals surface area contributed by atoms with Crippen molar-refractivity contribution in [3.8, 4) is 0 Å². The molecule has 0 saturated heterocycles. The molecule has 0 aliphatic carbocycles. The number of halogens is 1. The number of nitrogens with zero attached hydrogens (tertiary/aromatic N) is 3. The Morgan fingerprint density at radius 3 is 2.47 bits per heavy atom. The summed E-state index contributed by atoms with van der Waals surface area (Å²) in [5.74, 6) is 1.66. The SMILES string of the molecule is CN(C)c1cc(Nc2ccc(Br)cc2)ncn1. The molecule has 0 spiro atoms. The Labute approximate surface area is 109 Å². The van der Waals surface area contributed by atoms with Gasteiger partial charge in [-0.1, -0.05) is 15.9 Å². The fourth-order valence-electron chi connectivity index (χ4n) is 1.34. The van der Waals surface area contributed by atoms with Crippen LogP contribution in [-0.4, -0.2) is 24.1 Å². The molecule has 0 saturated carbocycles. The summed E-state index contributed by atoms with van der Waals surface area (Å²) in [5.41, 5.74) is 0.997. The van der Waals surface area contributed by atoms with Crippen molar-refractivity contribution in [1.29, 1.82) is 0 Å². The van der Waals surface area contributed by atoms with Gasteiger partial charge in [-0.25, -0.2) is 9.97 Å². The van der Waals surface area contributed by atoms with Crippen LogP contribution in [0.1, 0.15) is 0 Å². The van der Waals surface area contributed by atoms with E-state index in [0.717, 1.165) is 21.8 Å². The van der Waals surface area contributed by atoms with Gasteiger partial charge in [0.05, 0.1) is 0 Å². The molecule has 17 heavy (non-hydrogen) atoms. The van der Waals surface area contributed by atoms with E-state index in [-0.39, 0.29) is 0 Å². The third-order valence-electron chi connectivity index (χ3n) is 2.23. The first-order valence-electron chi connectivity index (χ1n) is 5.17. The molecule has 0 amide bonds. The Morgan fingerprint density at radius 1 is 1.12 bits per heavy atom. The second kappa shape index (κ2) is 5.14. The average molecular weight is 293 g/mol. The highest BCUT2D eigenvalue weighted by molar-refractivity contribution is 9.10. The number of benzene rings is 1. The molecule has 0 radical (unpaired) electrons.